The zero-order chi connectivity index (χ0) is 9.26. The zero-order valence-electron chi connectivity index (χ0n) is 7.64. The molecule has 1 aliphatic heterocycles. The number of hydrogen-bond acceptors (Lipinski definition) is 3. The van der Waals surface area contributed by atoms with E-state index in [0.717, 1.165) is 17.0 Å². The molecular formula is C9H13BrN2S. The number of rotatable bonds is 1. The Hall–Kier alpha value is 0.0700. The Morgan fingerprint density at radius 2 is 2.15 bits per heavy atom. The van der Waals surface area contributed by atoms with Gasteiger partial charge in [-0.15, -0.1) is 11.3 Å². The lowest BCUT2D eigenvalue weighted by atomic mass is 9.94. The summed E-state index contributed by atoms with van der Waals surface area (Å²) in [5.74, 6) is 0.684. The molecule has 2 heterocycles. The fraction of sp³-hybridized carbons (Fsp3) is 0.667. The minimum atomic E-state index is 0.684. The summed E-state index contributed by atoms with van der Waals surface area (Å²) >= 11 is 5.19. The Labute approximate surface area is 90.9 Å². The lowest BCUT2D eigenvalue weighted by molar-refractivity contribution is 0.453. The van der Waals surface area contributed by atoms with Gasteiger partial charge < -0.3 is 5.32 Å². The van der Waals surface area contributed by atoms with Gasteiger partial charge in [-0.05, 0) is 48.8 Å². The van der Waals surface area contributed by atoms with E-state index in [9.17, 15) is 0 Å². The van der Waals surface area contributed by atoms with E-state index in [4.69, 9.17) is 0 Å². The third-order valence-corrected chi connectivity index (χ3v) is 3.97. The standard InChI is InChI=1S/C9H13BrN2S/c1-6-8(12-9(10)13-6)7-2-4-11-5-3-7/h7,11H,2-5H2,1H3. The van der Waals surface area contributed by atoms with Crippen LogP contribution in [0.5, 0.6) is 0 Å². The highest BCUT2D eigenvalue weighted by Crippen LogP contribution is 2.32. The monoisotopic (exact) mass is 260 g/mol. The van der Waals surface area contributed by atoms with E-state index in [0.29, 0.717) is 5.92 Å². The predicted octanol–water partition coefficient (Wildman–Crippen LogP) is 2.68. The third kappa shape index (κ3) is 2.11. The zero-order valence-corrected chi connectivity index (χ0v) is 10.0. The maximum absolute atomic E-state index is 4.54. The van der Waals surface area contributed by atoms with Crippen LogP contribution >= 0.6 is 27.3 Å². The van der Waals surface area contributed by atoms with Gasteiger partial charge in [-0.25, -0.2) is 4.98 Å². The molecule has 0 aromatic carbocycles. The molecule has 0 unspecified atom stereocenters. The Kier molecular flexibility index (Phi) is 3.01. The number of nitrogens with zero attached hydrogens (tertiary/aromatic N) is 1. The number of hydrogen-bond donors (Lipinski definition) is 1. The highest BCUT2D eigenvalue weighted by atomic mass is 79.9. The summed E-state index contributed by atoms with van der Waals surface area (Å²) in [7, 11) is 0. The summed E-state index contributed by atoms with van der Waals surface area (Å²) in [5.41, 5.74) is 1.32. The third-order valence-electron chi connectivity index (χ3n) is 2.53. The van der Waals surface area contributed by atoms with Crippen LogP contribution in [0.4, 0.5) is 0 Å². The van der Waals surface area contributed by atoms with Gasteiger partial charge in [0.25, 0.3) is 0 Å². The van der Waals surface area contributed by atoms with Gasteiger partial charge >= 0.3 is 0 Å². The second-order valence-electron chi connectivity index (χ2n) is 3.43. The molecule has 1 fully saturated rings. The van der Waals surface area contributed by atoms with Crippen LogP contribution < -0.4 is 5.32 Å². The average Bonchev–Trinajstić information content (AvgIpc) is 2.47. The molecule has 72 valence electrons. The molecule has 0 aliphatic carbocycles. The highest BCUT2D eigenvalue weighted by Gasteiger charge is 2.19. The summed E-state index contributed by atoms with van der Waals surface area (Å²) in [6.45, 7) is 4.44. The van der Waals surface area contributed by atoms with Crippen molar-refractivity contribution in [1.29, 1.82) is 0 Å². The van der Waals surface area contributed by atoms with Gasteiger partial charge in [0, 0.05) is 10.8 Å². The van der Waals surface area contributed by atoms with Gasteiger partial charge in [0.1, 0.15) is 0 Å². The molecule has 13 heavy (non-hydrogen) atoms. The van der Waals surface area contributed by atoms with E-state index in [1.807, 2.05) is 0 Å². The topological polar surface area (TPSA) is 24.9 Å². The SMILES string of the molecule is Cc1sc(Br)nc1C1CCNCC1. The minimum absolute atomic E-state index is 0.684. The Balaban J connectivity index is 2.18. The fourth-order valence-electron chi connectivity index (χ4n) is 1.85. The van der Waals surface area contributed by atoms with Crippen molar-refractivity contribution in [1.82, 2.24) is 10.3 Å². The number of aryl methyl sites for hydroxylation is 1. The van der Waals surface area contributed by atoms with Crippen LogP contribution in [-0.2, 0) is 0 Å². The van der Waals surface area contributed by atoms with Gasteiger partial charge in [-0.1, -0.05) is 0 Å². The molecule has 1 aromatic rings. The molecule has 0 atom stereocenters. The molecule has 0 bridgehead atoms. The van der Waals surface area contributed by atoms with E-state index >= 15 is 0 Å². The summed E-state index contributed by atoms with van der Waals surface area (Å²) < 4.78 is 1.03. The lowest BCUT2D eigenvalue weighted by Gasteiger charge is -2.21. The molecule has 2 nitrogen and oxygen atoms in total. The molecule has 1 aliphatic rings. The van der Waals surface area contributed by atoms with Gasteiger partial charge in [-0.3, -0.25) is 0 Å². The van der Waals surface area contributed by atoms with Crippen molar-refractivity contribution in [2.45, 2.75) is 25.7 Å². The molecule has 1 aromatic heterocycles. The van der Waals surface area contributed by atoms with E-state index in [2.05, 4.69) is 33.2 Å². The lowest BCUT2D eigenvalue weighted by Crippen LogP contribution is -2.27. The Morgan fingerprint density at radius 3 is 2.69 bits per heavy atom. The Morgan fingerprint density at radius 1 is 1.46 bits per heavy atom. The molecule has 0 amide bonds. The normalized spacial score (nSPS) is 19.2. The number of piperidine rings is 1. The molecule has 4 heteroatoms. The van der Waals surface area contributed by atoms with Crippen LogP contribution in [-0.4, -0.2) is 18.1 Å². The minimum Gasteiger partial charge on any atom is -0.317 e. The van der Waals surface area contributed by atoms with Crippen LogP contribution in [0.25, 0.3) is 0 Å². The van der Waals surface area contributed by atoms with E-state index in [1.54, 1.807) is 11.3 Å². The van der Waals surface area contributed by atoms with Crippen molar-refractivity contribution in [2.75, 3.05) is 13.1 Å². The van der Waals surface area contributed by atoms with E-state index in [1.165, 1.54) is 23.4 Å². The van der Waals surface area contributed by atoms with Gasteiger partial charge in [-0.2, -0.15) is 0 Å². The van der Waals surface area contributed by atoms with Crippen molar-refractivity contribution in [2.24, 2.45) is 0 Å². The van der Waals surface area contributed by atoms with Gasteiger partial charge in [0.2, 0.25) is 0 Å². The predicted molar refractivity (Wildman–Crippen MR) is 59.4 cm³/mol. The maximum Gasteiger partial charge on any atom is 0.159 e. The maximum atomic E-state index is 4.54. The first-order chi connectivity index (χ1) is 6.27. The van der Waals surface area contributed by atoms with E-state index < -0.39 is 0 Å². The number of nitrogens with one attached hydrogen (secondary N) is 1. The van der Waals surface area contributed by atoms with Crippen LogP contribution in [0.1, 0.15) is 29.3 Å². The number of halogens is 1. The van der Waals surface area contributed by atoms with Crippen molar-refractivity contribution in [3.8, 4) is 0 Å². The van der Waals surface area contributed by atoms with E-state index in [-0.39, 0.29) is 0 Å². The second-order valence-corrected chi connectivity index (χ2v) is 5.91. The summed E-state index contributed by atoms with van der Waals surface area (Å²) in [5, 5.41) is 3.37. The Bertz CT molecular complexity index is 292. The summed E-state index contributed by atoms with van der Waals surface area (Å²) in [6, 6.07) is 0. The van der Waals surface area contributed by atoms with Crippen molar-refractivity contribution < 1.29 is 0 Å². The second kappa shape index (κ2) is 4.07. The number of aromatic nitrogens is 1. The molecule has 1 saturated heterocycles. The molecule has 1 N–H and O–H groups in total. The first-order valence-electron chi connectivity index (χ1n) is 4.61. The first-order valence-corrected chi connectivity index (χ1v) is 6.22. The molecule has 2 rings (SSSR count). The van der Waals surface area contributed by atoms with Crippen LogP contribution in [0.2, 0.25) is 0 Å². The van der Waals surface area contributed by atoms with Crippen molar-refractivity contribution in [3.05, 3.63) is 14.5 Å². The molecule has 0 saturated carbocycles. The fourth-order valence-corrected chi connectivity index (χ4v) is 3.48. The highest BCUT2D eigenvalue weighted by molar-refractivity contribution is 9.11. The first kappa shape index (κ1) is 9.62. The summed E-state index contributed by atoms with van der Waals surface area (Å²) in [6.07, 6.45) is 2.47. The van der Waals surface area contributed by atoms with Crippen molar-refractivity contribution >= 4 is 27.3 Å². The smallest absolute Gasteiger partial charge is 0.159 e. The number of thiazole rings is 1. The van der Waals surface area contributed by atoms with Crippen LogP contribution in [0.3, 0.4) is 0 Å². The molecule has 0 spiro atoms. The van der Waals surface area contributed by atoms with Gasteiger partial charge in [0.05, 0.1) is 5.69 Å². The van der Waals surface area contributed by atoms with Gasteiger partial charge in [0.15, 0.2) is 3.92 Å². The largest absolute Gasteiger partial charge is 0.317 e. The average molecular weight is 261 g/mol. The molecular weight excluding hydrogens is 248 g/mol. The summed E-state index contributed by atoms with van der Waals surface area (Å²) in [4.78, 5) is 5.92. The molecule has 0 radical (unpaired) electrons. The van der Waals surface area contributed by atoms with Crippen LogP contribution in [0, 0.1) is 6.92 Å². The quantitative estimate of drug-likeness (QED) is 0.840. The van der Waals surface area contributed by atoms with Crippen LogP contribution in [0.15, 0.2) is 3.92 Å². The van der Waals surface area contributed by atoms with Crippen molar-refractivity contribution in [3.63, 3.8) is 0 Å².